The van der Waals surface area contributed by atoms with Crippen molar-refractivity contribution >= 4 is 16.8 Å². The summed E-state index contributed by atoms with van der Waals surface area (Å²) in [7, 11) is 0. The molecule has 2 heterocycles. The van der Waals surface area contributed by atoms with Crippen LogP contribution in [0.5, 0.6) is 0 Å². The quantitative estimate of drug-likeness (QED) is 0.742. The number of benzene rings is 1. The number of aliphatic hydroxyl groups is 1. The van der Waals surface area contributed by atoms with Crippen LogP contribution >= 0.6 is 0 Å². The van der Waals surface area contributed by atoms with Crippen molar-refractivity contribution in [3.8, 4) is 0 Å². The van der Waals surface area contributed by atoms with E-state index in [0.717, 1.165) is 35.3 Å². The minimum atomic E-state index is 0.198. The number of nitrogens with zero attached hydrogens (tertiary/aromatic N) is 3. The predicted octanol–water partition coefficient (Wildman–Crippen LogP) is 1.81. The molecule has 2 aromatic heterocycles. The van der Waals surface area contributed by atoms with Crippen molar-refractivity contribution in [3.63, 3.8) is 0 Å². The van der Waals surface area contributed by atoms with Crippen molar-refractivity contribution in [3.05, 3.63) is 42.2 Å². The second kappa shape index (κ2) is 4.14. The van der Waals surface area contributed by atoms with Crippen LogP contribution in [0.1, 0.15) is 12.1 Å². The zero-order valence-corrected chi connectivity index (χ0v) is 9.37. The van der Waals surface area contributed by atoms with E-state index in [1.807, 2.05) is 40.9 Å². The molecule has 0 saturated carbocycles. The summed E-state index contributed by atoms with van der Waals surface area (Å²) in [5.74, 6) is 0.724. The fourth-order valence-corrected chi connectivity index (χ4v) is 1.98. The molecule has 3 rings (SSSR count). The monoisotopic (exact) mass is 227 g/mol. The summed E-state index contributed by atoms with van der Waals surface area (Å²) in [6.45, 7) is 0.198. The summed E-state index contributed by atoms with van der Waals surface area (Å²) < 4.78 is 1.98. The Morgan fingerprint density at radius 2 is 2.00 bits per heavy atom. The van der Waals surface area contributed by atoms with E-state index in [1.165, 1.54) is 0 Å². The van der Waals surface area contributed by atoms with Gasteiger partial charge in [-0.2, -0.15) is 0 Å². The highest BCUT2D eigenvalue weighted by atomic mass is 16.2. The van der Waals surface area contributed by atoms with Gasteiger partial charge < -0.3 is 5.11 Å². The van der Waals surface area contributed by atoms with E-state index in [0.29, 0.717) is 0 Å². The normalized spacial score (nSPS) is 11.4. The molecule has 4 nitrogen and oxygen atoms in total. The minimum Gasteiger partial charge on any atom is -0.396 e. The van der Waals surface area contributed by atoms with Gasteiger partial charge in [0.25, 0.3) is 0 Å². The molecule has 0 unspecified atom stereocenters. The first-order valence-electron chi connectivity index (χ1n) is 5.72. The molecule has 3 aromatic rings. The second-order valence-electron chi connectivity index (χ2n) is 4.02. The van der Waals surface area contributed by atoms with Crippen LogP contribution in [0.3, 0.4) is 0 Å². The summed E-state index contributed by atoms with van der Waals surface area (Å²) in [6, 6.07) is 9.97. The van der Waals surface area contributed by atoms with Crippen LogP contribution in [0.4, 0.5) is 0 Å². The summed E-state index contributed by atoms with van der Waals surface area (Å²) in [6.07, 6.45) is 3.52. The molecule has 17 heavy (non-hydrogen) atoms. The topological polar surface area (TPSA) is 50.4 Å². The Kier molecular flexibility index (Phi) is 2.49. The largest absolute Gasteiger partial charge is 0.396 e. The summed E-state index contributed by atoms with van der Waals surface area (Å²) in [5.41, 5.74) is 3.00. The van der Waals surface area contributed by atoms with Crippen LogP contribution in [0.15, 0.2) is 36.5 Å². The molecule has 0 aliphatic rings. The Labute approximate surface area is 98.6 Å². The number of aliphatic hydroxyl groups excluding tert-OH is 1. The third-order valence-corrected chi connectivity index (χ3v) is 2.83. The van der Waals surface area contributed by atoms with Crippen molar-refractivity contribution in [2.24, 2.45) is 0 Å². The molecule has 0 spiro atoms. The van der Waals surface area contributed by atoms with Gasteiger partial charge in [-0.3, -0.25) is 4.40 Å². The van der Waals surface area contributed by atoms with Gasteiger partial charge in [0.15, 0.2) is 0 Å². The van der Waals surface area contributed by atoms with Crippen LogP contribution in [-0.2, 0) is 6.42 Å². The molecule has 0 saturated heterocycles. The van der Waals surface area contributed by atoms with Crippen LogP contribution in [0.2, 0.25) is 0 Å². The van der Waals surface area contributed by atoms with Crippen molar-refractivity contribution in [2.75, 3.05) is 6.61 Å². The van der Waals surface area contributed by atoms with Crippen molar-refractivity contribution in [2.45, 2.75) is 12.8 Å². The molecule has 4 heteroatoms. The first-order chi connectivity index (χ1) is 8.38. The zero-order chi connectivity index (χ0) is 11.7. The van der Waals surface area contributed by atoms with Gasteiger partial charge in [0.2, 0.25) is 5.78 Å². The lowest BCUT2D eigenvalue weighted by atomic mass is 10.2. The average Bonchev–Trinajstić information content (AvgIpc) is 2.74. The van der Waals surface area contributed by atoms with Gasteiger partial charge in [0.1, 0.15) is 0 Å². The van der Waals surface area contributed by atoms with E-state index in [1.54, 1.807) is 0 Å². The van der Waals surface area contributed by atoms with Crippen LogP contribution in [0, 0.1) is 0 Å². The average molecular weight is 227 g/mol. The molecule has 0 aliphatic heterocycles. The molecule has 1 N–H and O–H groups in total. The van der Waals surface area contributed by atoms with Gasteiger partial charge in [0.05, 0.1) is 11.0 Å². The van der Waals surface area contributed by atoms with E-state index >= 15 is 0 Å². The molecule has 0 fully saturated rings. The summed E-state index contributed by atoms with van der Waals surface area (Å²) >= 11 is 0. The van der Waals surface area contributed by atoms with Gasteiger partial charge in [-0.15, -0.1) is 0 Å². The first kappa shape index (κ1) is 10.2. The summed E-state index contributed by atoms with van der Waals surface area (Å²) in [4.78, 5) is 8.96. The van der Waals surface area contributed by atoms with E-state index in [2.05, 4.69) is 9.97 Å². The third kappa shape index (κ3) is 1.76. The minimum absolute atomic E-state index is 0.198. The highest BCUT2D eigenvalue weighted by Crippen LogP contribution is 2.15. The maximum Gasteiger partial charge on any atom is 0.235 e. The Balaban J connectivity index is 2.13. The number of hydrogen-bond acceptors (Lipinski definition) is 3. The lowest BCUT2D eigenvalue weighted by Crippen LogP contribution is -1.96. The van der Waals surface area contributed by atoms with Gasteiger partial charge in [0, 0.05) is 18.5 Å². The summed E-state index contributed by atoms with van der Waals surface area (Å²) in [5, 5.41) is 8.81. The molecule has 86 valence electrons. The van der Waals surface area contributed by atoms with Crippen LogP contribution in [-0.4, -0.2) is 26.1 Å². The number of hydrogen-bond donors (Lipinski definition) is 1. The van der Waals surface area contributed by atoms with Gasteiger partial charge in [-0.25, -0.2) is 9.97 Å². The highest BCUT2D eigenvalue weighted by molar-refractivity contribution is 5.79. The van der Waals surface area contributed by atoms with Crippen molar-refractivity contribution < 1.29 is 5.11 Å². The molecule has 0 amide bonds. The fraction of sp³-hybridized carbons (Fsp3) is 0.231. The van der Waals surface area contributed by atoms with E-state index in [4.69, 9.17) is 5.11 Å². The molecule has 0 atom stereocenters. The Hall–Kier alpha value is -1.94. The SMILES string of the molecule is OCCCc1ccn2c(n1)nc1ccccc12. The van der Waals surface area contributed by atoms with E-state index in [9.17, 15) is 0 Å². The molecule has 0 radical (unpaired) electrons. The van der Waals surface area contributed by atoms with Gasteiger partial charge in [-0.05, 0) is 31.0 Å². The Morgan fingerprint density at radius 1 is 1.12 bits per heavy atom. The standard InChI is InChI=1S/C13H13N3O/c17-9-3-4-10-7-8-16-12-6-2-1-5-11(12)15-13(16)14-10/h1-2,5-8,17H,3-4,9H2. The molecule has 1 aromatic carbocycles. The van der Waals surface area contributed by atoms with Gasteiger partial charge >= 0.3 is 0 Å². The Bertz CT molecular complexity index is 660. The predicted molar refractivity (Wildman–Crippen MR) is 65.9 cm³/mol. The number of aromatic nitrogens is 3. The number of aryl methyl sites for hydroxylation is 1. The number of imidazole rings is 1. The van der Waals surface area contributed by atoms with E-state index in [-0.39, 0.29) is 6.61 Å². The maximum absolute atomic E-state index is 8.81. The third-order valence-electron chi connectivity index (χ3n) is 2.83. The second-order valence-corrected chi connectivity index (χ2v) is 4.02. The zero-order valence-electron chi connectivity index (χ0n) is 9.37. The number of fused-ring (bicyclic) bond motifs is 3. The molecule has 0 aliphatic carbocycles. The molecular formula is C13H13N3O. The van der Waals surface area contributed by atoms with Gasteiger partial charge in [-0.1, -0.05) is 12.1 Å². The van der Waals surface area contributed by atoms with Crippen molar-refractivity contribution in [1.29, 1.82) is 0 Å². The number of para-hydroxylation sites is 2. The smallest absolute Gasteiger partial charge is 0.235 e. The fourth-order valence-electron chi connectivity index (χ4n) is 1.98. The van der Waals surface area contributed by atoms with Crippen molar-refractivity contribution in [1.82, 2.24) is 14.4 Å². The molecule has 0 bridgehead atoms. The number of rotatable bonds is 3. The lowest BCUT2D eigenvalue weighted by Gasteiger charge is -1.99. The Morgan fingerprint density at radius 3 is 2.88 bits per heavy atom. The highest BCUT2D eigenvalue weighted by Gasteiger charge is 2.05. The van der Waals surface area contributed by atoms with E-state index < -0.39 is 0 Å². The maximum atomic E-state index is 8.81. The van der Waals surface area contributed by atoms with Crippen LogP contribution in [0.25, 0.3) is 16.8 Å². The lowest BCUT2D eigenvalue weighted by molar-refractivity contribution is 0.288. The molecular weight excluding hydrogens is 214 g/mol. The first-order valence-corrected chi connectivity index (χ1v) is 5.72. The van der Waals surface area contributed by atoms with Crippen LogP contribution < -0.4 is 0 Å².